The van der Waals surface area contributed by atoms with Crippen LogP contribution in [0.3, 0.4) is 0 Å². The lowest BCUT2D eigenvalue weighted by atomic mass is 10.2. The van der Waals surface area contributed by atoms with Gasteiger partial charge in [0, 0.05) is 24.7 Å². The lowest BCUT2D eigenvalue weighted by Gasteiger charge is -2.18. The van der Waals surface area contributed by atoms with Crippen molar-refractivity contribution in [1.82, 2.24) is 9.96 Å². The summed E-state index contributed by atoms with van der Waals surface area (Å²) in [7, 11) is 1.59. The van der Waals surface area contributed by atoms with E-state index in [0.29, 0.717) is 23.3 Å². The molecule has 202 valence electrons. The second-order valence-electron chi connectivity index (χ2n) is 8.51. The quantitative estimate of drug-likeness (QED) is 0.266. The van der Waals surface area contributed by atoms with E-state index in [1.54, 1.807) is 45.2 Å². The molecule has 11 heteroatoms. The number of carbonyl (C=O) groups excluding carboxylic acids is 3. The molecule has 0 bridgehead atoms. The number of rotatable bonds is 11. The molecule has 3 aliphatic rings. The van der Waals surface area contributed by atoms with E-state index in [-0.39, 0.29) is 42.7 Å². The standard InChI is InChI=1S/C26H35N3O8/c1-4-33-25(31)36-23-19-11-9-18(10-12-20(19)24(22(23)27)37-26(32)34-5-2)17-21(30)28(3)35-16-8-15-29-13-6-7-14-29/h9-12H,4-8,13-17,27H2,1-3H3. The smallest absolute Gasteiger partial charge is 0.434 e. The maximum atomic E-state index is 12.7. The van der Waals surface area contributed by atoms with Gasteiger partial charge in [-0.3, -0.25) is 9.63 Å². The highest BCUT2D eigenvalue weighted by Crippen LogP contribution is 2.50. The van der Waals surface area contributed by atoms with Crippen molar-refractivity contribution < 1.29 is 38.2 Å². The van der Waals surface area contributed by atoms with Crippen LogP contribution in [-0.2, 0) is 25.5 Å². The van der Waals surface area contributed by atoms with Crippen molar-refractivity contribution in [1.29, 1.82) is 0 Å². The Morgan fingerprint density at radius 2 is 1.46 bits per heavy atom. The van der Waals surface area contributed by atoms with Crippen LogP contribution in [0.2, 0.25) is 0 Å². The van der Waals surface area contributed by atoms with Crippen molar-refractivity contribution in [3.63, 3.8) is 0 Å². The van der Waals surface area contributed by atoms with E-state index < -0.39 is 12.3 Å². The van der Waals surface area contributed by atoms with Gasteiger partial charge in [-0.05, 0) is 51.8 Å². The molecule has 11 nitrogen and oxygen atoms in total. The monoisotopic (exact) mass is 517 g/mol. The molecule has 0 aromatic heterocycles. The SMILES string of the molecule is CCOC(=O)Oc1c2ccc(CC(=O)N(C)OCCCN3CCCC3)ccc-2c(OC(=O)OCC)c1N. The van der Waals surface area contributed by atoms with Crippen molar-refractivity contribution in [2.75, 3.05) is 52.2 Å². The van der Waals surface area contributed by atoms with Crippen LogP contribution in [0.4, 0.5) is 15.3 Å². The average Bonchev–Trinajstić information content (AvgIpc) is 3.40. The molecule has 0 saturated carbocycles. The van der Waals surface area contributed by atoms with Gasteiger partial charge in [-0.2, -0.15) is 0 Å². The van der Waals surface area contributed by atoms with Crippen molar-refractivity contribution in [2.45, 2.75) is 39.5 Å². The number of likely N-dealkylation sites (N-methyl/N-ethyl adjacent to an activating group) is 1. The van der Waals surface area contributed by atoms with Crippen LogP contribution in [0.1, 0.15) is 38.7 Å². The highest BCUT2D eigenvalue weighted by atomic mass is 16.7. The molecule has 0 spiro atoms. The molecule has 2 aliphatic carbocycles. The zero-order chi connectivity index (χ0) is 26.8. The zero-order valence-electron chi connectivity index (χ0n) is 21.6. The Bertz CT molecular complexity index is 997. The molecule has 0 radical (unpaired) electrons. The van der Waals surface area contributed by atoms with E-state index in [2.05, 4.69) is 4.90 Å². The third-order valence-electron chi connectivity index (χ3n) is 5.90. The number of nitrogens with two attached hydrogens (primary N) is 1. The normalized spacial score (nSPS) is 13.4. The van der Waals surface area contributed by atoms with Crippen molar-refractivity contribution in [2.24, 2.45) is 0 Å². The van der Waals surface area contributed by atoms with Gasteiger partial charge in [-0.15, -0.1) is 0 Å². The Labute approximate surface area is 216 Å². The lowest BCUT2D eigenvalue weighted by Crippen LogP contribution is -2.30. The molecule has 1 amide bonds. The van der Waals surface area contributed by atoms with Crippen LogP contribution in [-0.4, -0.2) is 74.7 Å². The lowest BCUT2D eigenvalue weighted by molar-refractivity contribution is -0.178. The molecule has 0 atom stereocenters. The van der Waals surface area contributed by atoms with E-state index in [1.807, 2.05) is 0 Å². The summed E-state index contributed by atoms with van der Waals surface area (Å²) < 4.78 is 20.3. The minimum Gasteiger partial charge on any atom is -0.434 e. The summed E-state index contributed by atoms with van der Waals surface area (Å²) >= 11 is 0. The summed E-state index contributed by atoms with van der Waals surface area (Å²) in [4.78, 5) is 44.7. The minimum atomic E-state index is -0.950. The Morgan fingerprint density at radius 1 is 0.919 bits per heavy atom. The van der Waals surface area contributed by atoms with Crippen LogP contribution in [0.25, 0.3) is 11.1 Å². The third-order valence-corrected chi connectivity index (χ3v) is 5.90. The fourth-order valence-corrected chi connectivity index (χ4v) is 4.06. The topological polar surface area (TPSA) is 130 Å². The van der Waals surface area contributed by atoms with Gasteiger partial charge < -0.3 is 29.6 Å². The van der Waals surface area contributed by atoms with Crippen LogP contribution < -0.4 is 15.2 Å². The van der Waals surface area contributed by atoms with Crippen LogP contribution in [0, 0.1) is 0 Å². The molecule has 0 unspecified atom stereocenters. The number of nitrogens with zero attached hydrogens (tertiary/aromatic N) is 2. The number of carbonyl (C=O) groups is 3. The Morgan fingerprint density at radius 3 is 1.97 bits per heavy atom. The molecule has 3 rings (SSSR count). The molecule has 2 N–H and O–H groups in total. The highest BCUT2D eigenvalue weighted by Gasteiger charge is 2.28. The highest BCUT2D eigenvalue weighted by molar-refractivity contribution is 5.95. The zero-order valence-corrected chi connectivity index (χ0v) is 21.6. The van der Waals surface area contributed by atoms with Crippen molar-refractivity contribution >= 4 is 23.9 Å². The van der Waals surface area contributed by atoms with E-state index in [9.17, 15) is 14.4 Å². The summed E-state index contributed by atoms with van der Waals surface area (Å²) in [5.74, 6) is -0.253. The van der Waals surface area contributed by atoms with Crippen molar-refractivity contribution in [3.8, 4) is 22.6 Å². The molecule has 1 aliphatic heterocycles. The molecule has 1 heterocycles. The van der Waals surface area contributed by atoms with Crippen molar-refractivity contribution in [3.05, 3.63) is 29.8 Å². The number of nitrogen functional groups attached to an aromatic ring is 1. The first kappa shape index (κ1) is 28.0. The Balaban J connectivity index is 1.73. The van der Waals surface area contributed by atoms with Gasteiger partial charge >= 0.3 is 12.3 Å². The second-order valence-corrected chi connectivity index (χ2v) is 8.51. The third kappa shape index (κ3) is 7.70. The molecule has 1 fully saturated rings. The van der Waals surface area contributed by atoms with Gasteiger partial charge in [0.1, 0.15) is 5.69 Å². The number of anilines is 1. The van der Waals surface area contributed by atoms with E-state index in [1.165, 1.54) is 17.9 Å². The number of hydrogen-bond donors (Lipinski definition) is 1. The van der Waals surface area contributed by atoms with Crippen LogP contribution >= 0.6 is 0 Å². The number of likely N-dealkylation sites (tertiary alicyclic amines) is 1. The molecule has 1 saturated heterocycles. The Kier molecular flexibility index (Phi) is 10.3. The van der Waals surface area contributed by atoms with Gasteiger partial charge in [0.05, 0.1) is 26.2 Å². The van der Waals surface area contributed by atoms with Gasteiger partial charge in [0.25, 0.3) is 0 Å². The average molecular weight is 518 g/mol. The fourth-order valence-electron chi connectivity index (χ4n) is 4.06. The summed E-state index contributed by atoms with van der Waals surface area (Å²) in [5.41, 5.74) is 7.56. The van der Waals surface area contributed by atoms with Gasteiger partial charge in [0.15, 0.2) is 11.5 Å². The molecular formula is C26H35N3O8. The predicted molar refractivity (Wildman–Crippen MR) is 135 cm³/mol. The number of amides is 1. The largest absolute Gasteiger partial charge is 0.513 e. The second kappa shape index (κ2) is 13.7. The van der Waals surface area contributed by atoms with E-state index in [0.717, 1.165) is 26.1 Å². The first-order valence-corrected chi connectivity index (χ1v) is 12.5. The molecule has 0 aromatic rings. The molecule has 0 aromatic carbocycles. The number of fused-ring (bicyclic) bond motifs is 1. The van der Waals surface area contributed by atoms with Gasteiger partial charge in [-0.1, -0.05) is 24.3 Å². The fraction of sp³-hybridized carbons (Fsp3) is 0.500. The summed E-state index contributed by atoms with van der Waals surface area (Å²) in [6.07, 6.45) is 1.50. The van der Waals surface area contributed by atoms with Crippen LogP contribution in [0.15, 0.2) is 24.3 Å². The summed E-state index contributed by atoms with van der Waals surface area (Å²) in [5, 5.41) is 1.25. The minimum absolute atomic E-state index is 0.0142. The number of hydroxylamine groups is 2. The first-order valence-electron chi connectivity index (χ1n) is 12.5. The molecule has 37 heavy (non-hydrogen) atoms. The maximum Gasteiger partial charge on any atom is 0.513 e. The first-order chi connectivity index (χ1) is 17.8. The molecular weight excluding hydrogens is 482 g/mol. The summed E-state index contributed by atoms with van der Waals surface area (Å²) in [6.45, 7) is 7.16. The van der Waals surface area contributed by atoms with E-state index >= 15 is 0 Å². The van der Waals surface area contributed by atoms with Gasteiger partial charge in [0.2, 0.25) is 5.91 Å². The van der Waals surface area contributed by atoms with E-state index in [4.69, 9.17) is 29.5 Å². The van der Waals surface area contributed by atoms with Gasteiger partial charge in [-0.25, -0.2) is 14.7 Å². The number of ether oxygens (including phenoxy) is 4. The van der Waals surface area contributed by atoms with Crippen LogP contribution in [0.5, 0.6) is 11.5 Å². The summed E-state index contributed by atoms with van der Waals surface area (Å²) in [6, 6.07) is 6.68. The number of hydrogen-bond acceptors (Lipinski definition) is 10. The maximum absolute atomic E-state index is 12.7. The Hall–Kier alpha value is -3.57. The predicted octanol–water partition coefficient (Wildman–Crippen LogP) is 3.86.